The molecule has 2 heterocycles. The molecule has 0 aliphatic carbocycles. The number of thioether (sulfide) groups is 1. The molecule has 0 bridgehead atoms. The Hall–Kier alpha value is -2.84. The van der Waals surface area contributed by atoms with E-state index in [2.05, 4.69) is 46.8 Å². The first-order chi connectivity index (χ1) is 14.6. The van der Waals surface area contributed by atoms with E-state index in [0.29, 0.717) is 11.5 Å². The van der Waals surface area contributed by atoms with Gasteiger partial charge in [0.15, 0.2) is 22.5 Å². The first-order valence-electron chi connectivity index (χ1n) is 9.35. The van der Waals surface area contributed by atoms with E-state index in [1.807, 2.05) is 29.8 Å². The van der Waals surface area contributed by atoms with E-state index in [1.165, 1.54) is 5.56 Å². The summed E-state index contributed by atoms with van der Waals surface area (Å²) in [4.78, 5) is 4.77. The van der Waals surface area contributed by atoms with Crippen molar-refractivity contribution in [3.8, 4) is 33.5 Å². The predicted molar refractivity (Wildman–Crippen MR) is 121 cm³/mol. The van der Waals surface area contributed by atoms with Gasteiger partial charge in [0, 0.05) is 29.3 Å². The lowest BCUT2D eigenvalue weighted by molar-refractivity contribution is 0.355. The van der Waals surface area contributed by atoms with Gasteiger partial charge >= 0.3 is 0 Å². The number of benzene rings is 2. The van der Waals surface area contributed by atoms with E-state index in [4.69, 9.17) is 14.5 Å². The molecule has 0 saturated heterocycles. The van der Waals surface area contributed by atoms with E-state index in [-0.39, 0.29) is 0 Å². The number of aryl methyl sites for hydroxylation is 1. The molecular weight excluding hydrogens is 416 g/mol. The van der Waals surface area contributed by atoms with E-state index < -0.39 is 0 Å². The summed E-state index contributed by atoms with van der Waals surface area (Å²) < 4.78 is 12.7. The Labute approximate surface area is 183 Å². The highest BCUT2D eigenvalue weighted by Crippen LogP contribution is 2.34. The average molecular weight is 439 g/mol. The van der Waals surface area contributed by atoms with Crippen LogP contribution in [-0.4, -0.2) is 34.0 Å². The van der Waals surface area contributed by atoms with Crippen molar-refractivity contribution < 1.29 is 9.47 Å². The molecule has 0 atom stereocenters. The largest absolute Gasteiger partial charge is 0.493 e. The van der Waals surface area contributed by atoms with Crippen LogP contribution in [0, 0.1) is 6.92 Å². The topological polar surface area (TPSA) is 62.1 Å². The highest BCUT2D eigenvalue weighted by atomic mass is 32.2. The van der Waals surface area contributed by atoms with Gasteiger partial charge in [0.2, 0.25) is 0 Å². The van der Waals surface area contributed by atoms with Crippen molar-refractivity contribution in [3.05, 3.63) is 59.1 Å². The molecule has 4 aromatic rings. The lowest BCUT2D eigenvalue weighted by Gasteiger charge is -2.08. The van der Waals surface area contributed by atoms with Gasteiger partial charge in [-0.15, -0.1) is 21.5 Å². The molecule has 0 fully saturated rings. The molecule has 30 heavy (non-hydrogen) atoms. The number of hydrogen-bond donors (Lipinski definition) is 0. The minimum atomic E-state index is 0.698. The number of nitrogens with zero attached hydrogens (tertiary/aromatic N) is 4. The van der Waals surface area contributed by atoms with Crippen molar-refractivity contribution in [2.24, 2.45) is 7.05 Å². The minimum absolute atomic E-state index is 0.698. The number of thiazole rings is 1. The standard InChI is InChI=1S/C22H22N4O2S2/c1-14-5-7-15(8-6-14)20-24-25-22(26(20)2)30-13-17-12-29-21(23-17)16-9-10-18(27-3)19(11-16)28-4/h5-12H,13H2,1-4H3. The SMILES string of the molecule is COc1ccc(-c2nc(CSc3nnc(-c4ccc(C)cc4)n3C)cs2)cc1OC. The summed E-state index contributed by atoms with van der Waals surface area (Å²) in [5.74, 6) is 3.00. The minimum Gasteiger partial charge on any atom is -0.493 e. The van der Waals surface area contributed by atoms with Crippen molar-refractivity contribution in [2.75, 3.05) is 14.2 Å². The van der Waals surface area contributed by atoms with Crippen LogP contribution >= 0.6 is 23.1 Å². The van der Waals surface area contributed by atoms with E-state index in [0.717, 1.165) is 38.6 Å². The van der Waals surface area contributed by atoms with Crippen molar-refractivity contribution in [1.82, 2.24) is 19.7 Å². The highest BCUT2D eigenvalue weighted by Gasteiger charge is 2.13. The van der Waals surface area contributed by atoms with Gasteiger partial charge in [0.05, 0.1) is 19.9 Å². The third-order valence-corrected chi connectivity index (χ3v) is 6.67. The second-order valence-electron chi connectivity index (χ2n) is 6.73. The fourth-order valence-corrected chi connectivity index (χ4v) is 4.73. The summed E-state index contributed by atoms with van der Waals surface area (Å²) in [6.45, 7) is 2.08. The molecule has 2 aromatic heterocycles. The maximum atomic E-state index is 5.40. The Bertz CT molecular complexity index is 1150. The first kappa shape index (κ1) is 20.4. The van der Waals surface area contributed by atoms with Crippen molar-refractivity contribution >= 4 is 23.1 Å². The maximum absolute atomic E-state index is 5.40. The molecule has 0 amide bonds. The van der Waals surface area contributed by atoms with E-state index in [9.17, 15) is 0 Å². The van der Waals surface area contributed by atoms with Gasteiger partial charge in [-0.05, 0) is 25.1 Å². The summed E-state index contributed by atoms with van der Waals surface area (Å²) >= 11 is 3.24. The smallest absolute Gasteiger partial charge is 0.191 e. The van der Waals surface area contributed by atoms with Crippen molar-refractivity contribution in [1.29, 1.82) is 0 Å². The van der Waals surface area contributed by atoms with Crippen LogP contribution in [0.5, 0.6) is 11.5 Å². The Morgan fingerprint density at radius 2 is 1.70 bits per heavy atom. The second-order valence-corrected chi connectivity index (χ2v) is 8.53. The lowest BCUT2D eigenvalue weighted by atomic mass is 10.1. The Morgan fingerprint density at radius 1 is 0.967 bits per heavy atom. The Kier molecular flexibility index (Phi) is 6.06. The molecule has 2 aromatic carbocycles. The summed E-state index contributed by atoms with van der Waals surface area (Å²) in [7, 11) is 5.26. The molecule has 0 N–H and O–H groups in total. The van der Waals surface area contributed by atoms with Crippen LogP contribution in [0.3, 0.4) is 0 Å². The van der Waals surface area contributed by atoms with Gasteiger partial charge < -0.3 is 14.0 Å². The third-order valence-electron chi connectivity index (χ3n) is 4.68. The van der Waals surface area contributed by atoms with Gasteiger partial charge in [-0.2, -0.15) is 0 Å². The molecule has 0 saturated carbocycles. The van der Waals surface area contributed by atoms with Crippen LogP contribution in [0.15, 0.2) is 53.0 Å². The van der Waals surface area contributed by atoms with Crippen LogP contribution in [0.4, 0.5) is 0 Å². The van der Waals surface area contributed by atoms with Gasteiger partial charge in [0.1, 0.15) is 5.01 Å². The van der Waals surface area contributed by atoms with Crippen LogP contribution < -0.4 is 9.47 Å². The van der Waals surface area contributed by atoms with E-state index >= 15 is 0 Å². The molecule has 6 nitrogen and oxygen atoms in total. The van der Waals surface area contributed by atoms with Crippen LogP contribution in [0.2, 0.25) is 0 Å². The number of hydrogen-bond acceptors (Lipinski definition) is 7. The predicted octanol–water partition coefficient (Wildman–Crippen LogP) is 5.22. The van der Waals surface area contributed by atoms with Gasteiger partial charge in [-0.3, -0.25) is 0 Å². The van der Waals surface area contributed by atoms with Crippen LogP contribution in [0.1, 0.15) is 11.3 Å². The van der Waals surface area contributed by atoms with Crippen molar-refractivity contribution in [2.45, 2.75) is 17.8 Å². The highest BCUT2D eigenvalue weighted by molar-refractivity contribution is 7.98. The summed E-state index contributed by atoms with van der Waals surface area (Å²) in [6, 6.07) is 14.2. The zero-order valence-electron chi connectivity index (χ0n) is 17.2. The van der Waals surface area contributed by atoms with Crippen molar-refractivity contribution in [3.63, 3.8) is 0 Å². The second kappa shape index (κ2) is 8.89. The Morgan fingerprint density at radius 3 is 2.43 bits per heavy atom. The van der Waals surface area contributed by atoms with Gasteiger partial charge in [0.25, 0.3) is 0 Å². The zero-order chi connectivity index (χ0) is 21.1. The summed E-state index contributed by atoms with van der Waals surface area (Å²) in [5.41, 5.74) is 4.31. The molecule has 0 radical (unpaired) electrons. The quantitative estimate of drug-likeness (QED) is 0.369. The summed E-state index contributed by atoms with van der Waals surface area (Å²) in [6.07, 6.45) is 0. The lowest BCUT2D eigenvalue weighted by Crippen LogP contribution is -1.95. The molecule has 0 aliphatic rings. The molecule has 4 rings (SSSR count). The number of ether oxygens (including phenoxy) is 2. The molecular formula is C22H22N4O2S2. The monoisotopic (exact) mass is 438 g/mol. The zero-order valence-corrected chi connectivity index (χ0v) is 18.9. The molecule has 0 spiro atoms. The Balaban J connectivity index is 1.47. The molecule has 0 unspecified atom stereocenters. The molecule has 0 aliphatic heterocycles. The number of aromatic nitrogens is 4. The van der Waals surface area contributed by atoms with E-state index in [1.54, 1.807) is 37.3 Å². The number of rotatable bonds is 7. The normalized spacial score (nSPS) is 10.9. The molecule has 154 valence electrons. The first-order valence-corrected chi connectivity index (χ1v) is 11.2. The van der Waals surface area contributed by atoms with Gasteiger partial charge in [-0.25, -0.2) is 4.98 Å². The fourth-order valence-electron chi connectivity index (χ4n) is 3.01. The van der Waals surface area contributed by atoms with Gasteiger partial charge in [-0.1, -0.05) is 41.6 Å². The third kappa shape index (κ3) is 4.20. The average Bonchev–Trinajstić information content (AvgIpc) is 3.39. The molecule has 8 heteroatoms. The van der Waals surface area contributed by atoms with Crippen LogP contribution in [0.25, 0.3) is 22.0 Å². The fraction of sp³-hybridized carbons (Fsp3) is 0.227. The summed E-state index contributed by atoms with van der Waals surface area (Å²) in [5, 5.41) is 12.6. The van der Waals surface area contributed by atoms with Crippen LogP contribution in [-0.2, 0) is 12.8 Å². The number of methoxy groups -OCH3 is 2. The maximum Gasteiger partial charge on any atom is 0.191 e.